The molecule has 0 saturated carbocycles. The molecule has 2 aromatic carbocycles. The van der Waals surface area contributed by atoms with Gasteiger partial charge in [-0.1, -0.05) is 40.2 Å². The van der Waals surface area contributed by atoms with Crippen LogP contribution in [-0.2, 0) is 0 Å². The first kappa shape index (κ1) is 14.3. The smallest absolute Gasteiger partial charge is 0.339 e. The Balaban J connectivity index is 2.09. The summed E-state index contributed by atoms with van der Waals surface area (Å²) in [5.74, 6) is -1.12. The number of ether oxygens (including phenoxy) is 1. The van der Waals surface area contributed by atoms with E-state index in [1.54, 1.807) is 30.3 Å². The van der Waals surface area contributed by atoms with Gasteiger partial charge < -0.3 is 9.84 Å². The Morgan fingerprint density at radius 2 is 1.85 bits per heavy atom. The van der Waals surface area contributed by atoms with Gasteiger partial charge in [0.1, 0.15) is 11.3 Å². The van der Waals surface area contributed by atoms with Gasteiger partial charge >= 0.3 is 5.97 Å². The van der Waals surface area contributed by atoms with Crippen LogP contribution >= 0.6 is 15.9 Å². The number of rotatable bonds is 5. The van der Waals surface area contributed by atoms with E-state index in [-0.39, 0.29) is 23.7 Å². The highest BCUT2D eigenvalue weighted by Crippen LogP contribution is 2.18. The lowest BCUT2D eigenvalue weighted by Gasteiger charge is -2.08. The van der Waals surface area contributed by atoms with E-state index < -0.39 is 5.97 Å². The predicted molar refractivity (Wildman–Crippen MR) is 77.4 cm³/mol. The summed E-state index contributed by atoms with van der Waals surface area (Å²) in [6.07, 6.45) is 0. The minimum atomic E-state index is -1.09. The number of hydrogen-bond donors (Lipinski definition) is 1. The number of carbonyl (C=O) groups is 2. The molecular weight excluding hydrogens is 324 g/mol. The molecule has 0 aromatic heterocycles. The number of ketones is 1. The van der Waals surface area contributed by atoms with Gasteiger partial charge in [0.15, 0.2) is 12.4 Å². The molecule has 2 rings (SSSR count). The van der Waals surface area contributed by atoms with Crippen LogP contribution in [0.25, 0.3) is 0 Å². The van der Waals surface area contributed by atoms with E-state index >= 15 is 0 Å². The monoisotopic (exact) mass is 334 g/mol. The maximum absolute atomic E-state index is 12.0. The number of aromatic carboxylic acids is 1. The van der Waals surface area contributed by atoms with Crippen LogP contribution in [0, 0.1) is 0 Å². The van der Waals surface area contributed by atoms with Gasteiger partial charge in [-0.15, -0.1) is 0 Å². The van der Waals surface area contributed by atoms with E-state index in [0.29, 0.717) is 5.56 Å². The number of carboxylic acids is 1. The van der Waals surface area contributed by atoms with Crippen molar-refractivity contribution in [2.45, 2.75) is 0 Å². The van der Waals surface area contributed by atoms with Crippen molar-refractivity contribution in [2.24, 2.45) is 0 Å². The number of carbonyl (C=O) groups excluding carboxylic acids is 1. The van der Waals surface area contributed by atoms with Gasteiger partial charge in [-0.3, -0.25) is 4.79 Å². The van der Waals surface area contributed by atoms with Gasteiger partial charge in [0.05, 0.1) is 0 Å². The minimum Gasteiger partial charge on any atom is -0.485 e. The number of hydrogen-bond acceptors (Lipinski definition) is 3. The Hall–Kier alpha value is -2.14. The molecule has 0 amide bonds. The molecular formula is C15H11BrO4. The van der Waals surface area contributed by atoms with Crippen molar-refractivity contribution in [3.05, 3.63) is 64.1 Å². The molecule has 20 heavy (non-hydrogen) atoms. The highest BCUT2D eigenvalue weighted by atomic mass is 79.9. The lowest BCUT2D eigenvalue weighted by atomic mass is 10.1. The maximum atomic E-state index is 12.0. The Morgan fingerprint density at radius 3 is 2.55 bits per heavy atom. The van der Waals surface area contributed by atoms with Crippen LogP contribution < -0.4 is 4.74 Å². The zero-order valence-corrected chi connectivity index (χ0v) is 12.0. The normalized spacial score (nSPS) is 10.1. The van der Waals surface area contributed by atoms with Crippen LogP contribution in [0.15, 0.2) is 53.0 Å². The second kappa shape index (κ2) is 6.34. The Morgan fingerprint density at radius 1 is 1.10 bits per heavy atom. The van der Waals surface area contributed by atoms with Crippen molar-refractivity contribution < 1.29 is 19.4 Å². The summed E-state index contributed by atoms with van der Waals surface area (Å²) >= 11 is 3.29. The molecule has 0 aliphatic heterocycles. The largest absolute Gasteiger partial charge is 0.485 e. The van der Waals surface area contributed by atoms with Crippen LogP contribution in [0.1, 0.15) is 20.7 Å². The van der Waals surface area contributed by atoms with Crippen LogP contribution in [0.3, 0.4) is 0 Å². The van der Waals surface area contributed by atoms with Crippen molar-refractivity contribution in [1.82, 2.24) is 0 Å². The lowest BCUT2D eigenvalue weighted by molar-refractivity contribution is 0.0689. The van der Waals surface area contributed by atoms with E-state index in [4.69, 9.17) is 9.84 Å². The summed E-state index contributed by atoms with van der Waals surface area (Å²) in [6, 6.07) is 13.2. The molecule has 0 spiro atoms. The van der Waals surface area contributed by atoms with Crippen molar-refractivity contribution >= 4 is 27.7 Å². The number of halogens is 1. The summed E-state index contributed by atoms with van der Waals surface area (Å²) in [4.78, 5) is 23.0. The third-order valence-electron chi connectivity index (χ3n) is 2.62. The van der Waals surface area contributed by atoms with Gasteiger partial charge in [-0.25, -0.2) is 4.79 Å². The molecule has 0 bridgehead atoms. The summed E-state index contributed by atoms with van der Waals surface area (Å²) in [6.45, 7) is -0.208. The first-order valence-corrected chi connectivity index (χ1v) is 6.61. The standard InChI is InChI=1S/C15H11BrO4/c16-11-5-3-4-10(8-11)13(17)9-20-14-7-2-1-6-12(14)15(18)19/h1-8H,9H2,(H,18,19). The van der Waals surface area contributed by atoms with E-state index in [2.05, 4.69) is 15.9 Å². The second-order valence-electron chi connectivity index (χ2n) is 4.02. The molecule has 0 aliphatic rings. The van der Waals surface area contributed by atoms with Gasteiger partial charge in [-0.05, 0) is 24.3 Å². The number of carboxylic acid groups (broad SMARTS) is 1. The Bertz CT molecular complexity index is 652. The Kier molecular flexibility index (Phi) is 4.53. The molecule has 0 saturated heterocycles. The second-order valence-corrected chi connectivity index (χ2v) is 4.94. The van der Waals surface area contributed by atoms with E-state index in [1.807, 2.05) is 6.07 Å². The van der Waals surface area contributed by atoms with Gasteiger partial charge in [0, 0.05) is 10.0 Å². The van der Waals surface area contributed by atoms with Gasteiger partial charge in [-0.2, -0.15) is 0 Å². The highest BCUT2D eigenvalue weighted by Gasteiger charge is 2.12. The summed E-state index contributed by atoms with van der Waals surface area (Å²) in [7, 11) is 0. The van der Waals surface area contributed by atoms with E-state index in [9.17, 15) is 9.59 Å². The molecule has 4 nitrogen and oxygen atoms in total. The molecule has 1 N–H and O–H groups in total. The van der Waals surface area contributed by atoms with Gasteiger partial charge in [0.25, 0.3) is 0 Å². The van der Waals surface area contributed by atoms with Crippen LogP contribution in [0.5, 0.6) is 5.75 Å². The van der Waals surface area contributed by atoms with Crippen molar-refractivity contribution in [3.63, 3.8) is 0 Å². The first-order valence-electron chi connectivity index (χ1n) is 5.82. The van der Waals surface area contributed by atoms with Crippen LogP contribution in [-0.4, -0.2) is 23.5 Å². The molecule has 0 unspecified atom stereocenters. The molecule has 102 valence electrons. The van der Waals surface area contributed by atoms with Crippen molar-refractivity contribution in [1.29, 1.82) is 0 Å². The third kappa shape index (κ3) is 3.45. The lowest BCUT2D eigenvalue weighted by Crippen LogP contribution is -2.13. The fourth-order valence-electron chi connectivity index (χ4n) is 1.66. The topological polar surface area (TPSA) is 63.6 Å². The molecule has 0 aliphatic carbocycles. The average molecular weight is 335 g/mol. The van der Waals surface area contributed by atoms with Crippen molar-refractivity contribution in [2.75, 3.05) is 6.61 Å². The third-order valence-corrected chi connectivity index (χ3v) is 3.12. The van der Waals surface area contributed by atoms with E-state index in [1.165, 1.54) is 12.1 Å². The molecule has 0 heterocycles. The molecule has 2 aromatic rings. The number of benzene rings is 2. The number of para-hydroxylation sites is 1. The van der Waals surface area contributed by atoms with Gasteiger partial charge in [0.2, 0.25) is 0 Å². The molecule has 0 atom stereocenters. The van der Waals surface area contributed by atoms with Crippen LogP contribution in [0.2, 0.25) is 0 Å². The molecule has 0 fully saturated rings. The van der Waals surface area contributed by atoms with Crippen molar-refractivity contribution in [3.8, 4) is 5.75 Å². The molecule has 5 heteroatoms. The van der Waals surface area contributed by atoms with E-state index in [0.717, 1.165) is 4.47 Å². The zero-order valence-electron chi connectivity index (χ0n) is 10.4. The summed E-state index contributed by atoms with van der Waals surface area (Å²) in [5, 5.41) is 9.01. The number of Topliss-reactive ketones (excluding diaryl/α,β-unsaturated/α-hetero) is 1. The molecule has 0 radical (unpaired) electrons. The first-order chi connectivity index (χ1) is 9.58. The SMILES string of the molecule is O=C(COc1ccccc1C(=O)O)c1cccc(Br)c1. The highest BCUT2D eigenvalue weighted by molar-refractivity contribution is 9.10. The fourth-order valence-corrected chi connectivity index (χ4v) is 2.06. The minimum absolute atomic E-state index is 0.0366. The summed E-state index contributed by atoms with van der Waals surface area (Å²) in [5.41, 5.74) is 0.543. The Labute approximate surface area is 124 Å². The quantitative estimate of drug-likeness (QED) is 0.851. The predicted octanol–water partition coefficient (Wildman–Crippen LogP) is 3.41. The fraction of sp³-hybridized carbons (Fsp3) is 0.0667. The zero-order chi connectivity index (χ0) is 14.5. The average Bonchev–Trinajstić information content (AvgIpc) is 2.45. The maximum Gasteiger partial charge on any atom is 0.339 e. The summed E-state index contributed by atoms with van der Waals surface area (Å²) < 4.78 is 6.11. The van der Waals surface area contributed by atoms with Crippen LogP contribution in [0.4, 0.5) is 0 Å².